The first-order chi connectivity index (χ1) is 12.3. The second-order valence-corrected chi connectivity index (χ2v) is 8.67. The molecule has 2 nitrogen and oxygen atoms in total. The summed E-state index contributed by atoms with van der Waals surface area (Å²) in [4.78, 5) is 0. The van der Waals surface area contributed by atoms with Gasteiger partial charge in [-0.2, -0.15) is 0 Å². The summed E-state index contributed by atoms with van der Waals surface area (Å²) < 4.78 is 14.4. The summed E-state index contributed by atoms with van der Waals surface area (Å²) in [5.41, 5.74) is 1.28. The molecule has 0 aromatic heterocycles. The van der Waals surface area contributed by atoms with Gasteiger partial charge in [-0.15, -0.1) is 0 Å². The fourth-order valence-corrected chi connectivity index (χ4v) is 4.61. The van der Waals surface area contributed by atoms with Gasteiger partial charge in [0.15, 0.2) is 0 Å². The second-order valence-electron chi connectivity index (χ2n) is 5.64. The Bertz CT molecular complexity index is 742. The number of hydrogen-bond donors (Lipinski definition) is 0. The molecule has 130 valence electrons. The van der Waals surface area contributed by atoms with Crippen molar-refractivity contribution < 1.29 is 30.7 Å². The fourth-order valence-electron chi connectivity index (χ4n) is 2.39. The minimum absolute atomic E-state index is 0.128. The van der Waals surface area contributed by atoms with Crippen LogP contribution in [0, 0.1) is 7.14 Å². The summed E-state index contributed by atoms with van der Waals surface area (Å²) in [6.07, 6.45) is 0.646. The molecular weight excluding hydrogens is 423 g/mol. The normalized spacial score (nSPS) is 12.0. The van der Waals surface area contributed by atoms with E-state index in [0.717, 1.165) is 12.2 Å². The summed E-state index contributed by atoms with van der Waals surface area (Å²) in [5.74, 6) is 0.855. The Morgan fingerprint density at radius 2 is 1.36 bits per heavy atom. The van der Waals surface area contributed by atoms with Crippen molar-refractivity contribution in [2.45, 2.75) is 19.6 Å². The quantitative estimate of drug-likeness (QED) is 0.389. The van der Waals surface area contributed by atoms with E-state index in [1.807, 2.05) is 25.1 Å². The molecule has 0 aliphatic carbocycles. The van der Waals surface area contributed by atoms with Crippen molar-refractivity contribution in [2.24, 2.45) is 0 Å². The third-order valence-corrected chi connectivity index (χ3v) is 6.34. The van der Waals surface area contributed by atoms with E-state index < -0.39 is 0 Å². The van der Waals surface area contributed by atoms with Gasteiger partial charge in [-0.1, -0.05) is 6.07 Å². The van der Waals surface area contributed by atoms with Crippen LogP contribution >= 0.6 is 0 Å². The molecule has 0 spiro atoms. The van der Waals surface area contributed by atoms with E-state index in [-0.39, 0.29) is 27.5 Å². The van der Waals surface area contributed by atoms with Gasteiger partial charge in [0.25, 0.3) is 0 Å². The number of benzene rings is 3. The Morgan fingerprint density at radius 3 is 2.04 bits per heavy atom. The van der Waals surface area contributed by atoms with E-state index in [1.54, 1.807) is 0 Å². The van der Waals surface area contributed by atoms with Crippen LogP contribution in [0.25, 0.3) is 0 Å². The van der Waals surface area contributed by atoms with Crippen LogP contribution in [0.15, 0.2) is 84.9 Å². The molecule has 3 aromatic rings. The maximum atomic E-state index is 5.85. The Morgan fingerprint density at radius 1 is 0.760 bits per heavy atom. The molecule has 0 amide bonds. The standard InChI is InChI=1S/C22H22IO2/c1-18(24-17-16-19-8-4-2-5-9-19)25-22-14-12-21(13-15-22)23-20-10-6-3-7-11-20/h2-15,18H,16-17H2,1H3/q-1. The molecule has 0 heterocycles. The Kier molecular flexibility index (Phi) is 6.89. The molecule has 0 N–H and O–H groups in total. The third-order valence-electron chi connectivity index (χ3n) is 3.65. The predicted octanol–water partition coefficient (Wildman–Crippen LogP) is 1.80. The van der Waals surface area contributed by atoms with Crippen molar-refractivity contribution in [1.29, 1.82) is 0 Å². The summed E-state index contributed by atoms with van der Waals surface area (Å²) in [5, 5.41) is 0. The maximum absolute atomic E-state index is 5.85. The molecule has 25 heavy (non-hydrogen) atoms. The molecule has 3 heteroatoms. The van der Waals surface area contributed by atoms with Crippen LogP contribution < -0.4 is 25.9 Å². The van der Waals surface area contributed by atoms with Crippen LogP contribution in [-0.4, -0.2) is 12.9 Å². The molecular formula is C22H22IO2-. The van der Waals surface area contributed by atoms with Crippen molar-refractivity contribution >= 4 is 0 Å². The van der Waals surface area contributed by atoms with Crippen LogP contribution in [0.1, 0.15) is 12.5 Å². The molecule has 0 aliphatic rings. The van der Waals surface area contributed by atoms with Crippen molar-refractivity contribution in [2.75, 3.05) is 6.61 Å². The number of halogens is 1. The van der Waals surface area contributed by atoms with Crippen LogP contribution in [0.4, 0.5) is 0 Å². The van der Waals surface area contributed by atoms with E-state index in [4.69, 9.17) is 9.47 Å². The van der Waals surface area contributed by atoms with Crippen molar-refractivity contribution in [3.8, 4) is 5.75 Å². The van der Waals surface area contributed by atoms with Gasteiger partial charge >= 0.3 is 154 Å². The number of ether oxygens (including phenoxy) is 2. The zero-order valence-corrected chi connectivity index (χ0v) is 16.4. The second kappa shape index (κ2) is 9.59. The first-order valence-electron chi connectivity index (χ1n) is 8.42. The van der Waals surface area contributed by atoms with Gasteiger partial charge in [0.2, 0.25) is 0 Å². The van der Waals surface area contributed by atoms with Gasteiger partial charge in [0, 0.05) is 0 Å². The predicted molar refractivity (Wildman–Crippen MR) is 96.5 cm³/mol. The summed E-state index contributed by atoms with van der Waals surface area (Å²) in [6, 6.07) is 29.4. The van der Waals surface area contributed by atoms with Gasteiger partial charge in [0.1, 0.15) is 0 Å². The van der Waals surface area contributed by atoms with E-state index in [9.17, 15) is 0 Å². The van der Waals surface area contributed by atoms with E-state index in [2.05, 4.69) is 66.7 Å². The summed E-state index contributed by atoms with van der Waals surface area (Å²) in [7, 11) is 0. The molecule has 0 saturated heterocycles. The van der Waals surface area contributed by atoms with Crippen LogP contribution in [-0.2, 0) is 11.2 Å². The minimum atomic E-state index is -0.251. The van der Waals surface area contributed by atoms with E-state index >= 15 is 0 Å². The molecule has 0 fully saturated rings. The van der Waals surface area contributed by atoms with E-state index in [1.165, 1.54) is 12.7 Å². The first-order valence-corrected chi connectivity index (χ1v) is 10.6. The number of rotatable bonds is 8. The zero-order valence-electron chi connectivity index (χ0n) is 14.3. The first kappa shape index (κ1) is 18.0. The molecule has 3 aromatic carbocycles. The summed E-state index contributed by atoms with van der Waals surface area (Å²) >= 11 is -0.128. The monoisotopic (exact) mass is 445 g/mol. The molecule has 1 atom stereocenters. The fraction of sp³-hybridized carbons (Fsp3) is 0.182. The molecule has 1 unspecified atom stereocenters. The van der Waals surface area contributed by atoms with Gasteiger partial charge in [0.05, 0.1) is 0 Å². The Labute approximate surface area is 160 Å². The SMILES string of the molecule is CC(OCCc1ccccc1)Oc1ccc([I-]c2ccccc2)cc1. The molecule has 3 rings (SSSR count). The van der Waals surface area contributed by atoms with Crippen molar-refractivity contribution in [3.63, 3.8) is 0 Å². The van der Waals surface area contributed by atoms with Crippen molar-refractivity contribution in [1.82, 2.24) is 0 Å². The van der Waals surface area contributed by atoms with Crippen LogP contribution in [0.3, 0.4) is 0 Å². The average molecular weight is 445 g/mol. The molecule has 0 aliphatic heterocycles. The van der Waals surface area contributed by atoms with Crippen LogP contribution in [0.2, 0.25) is 0 Å². The van der Waals surface area contributed by atoms with Gasteiger partial charge in [-0.3, -0.25) is 0 Å². The topological polar surface area (TPSA) is 18.5 Å². The van der Waals surface area contributed by atoms with Gasteiger partial charge in [-0.05, 0) is 0 Å². The summed E-state index contributed by atoms with van der Waals surface area (Å²) in [6.45, 7) is 2.60. The Hall–Kier alpha value is -1.85. The third kappa shape index (κ3) is 6.18. The van der Waals surface area contributed by atoms with E-state index in [0.29, 0.717) is 6.61 Å². The molecule has 0 bridgehead atoms. The average Bonchev–Trinajstić information content (AvgIpc) is 2.65. The molecule has 0 saturated carbocycles. The van der Waals surface area contributed by atoms with Gasteiger partial charge < -0.3 is 0 Å². The zero-order chi connectivity index (χ0) is 17.3. The number of hydrogen-bond acceptors (Lipinski definition) is 2. The van der Waals surface area contributed by atoms with Gasteiger partial charge in [-0.25, -0.2) is 0 Å². The van der Waals surface area contributed by atoms with Crippen molar-refractivity contribution in [3.05, 3.63) is 97.6 Å². The Balaban J connectivity index is 1.44. The molecule has 0 radical (unpaired) electrons. The van der Waals surface area contributed by atoms with Crippen LogP contribution in [0.5, 0.6) is 5.75 Å².